The Hall–Kier alpha value is -3.09. The first-order valence-electron chi connectivity index (χ1n) is 10.3. The van der Waals surface area contributed by atoms with Gasteiger partial charge in [0.05, 0.1) is 56.7 Å². The molecule has 0 radical (unpaired) electrons. The molecule has 1 aliphatic rings. The van der Waals surface area contributed by atoms with Crippen LogP contribution in [0.1, 0.15) is 36.2 Å². The van der Waals surface area contributed by atoms with E-state index in [0.29, 0.717) is 55.3 Å². The molecule has 3 rings (SSSR count). The molecule has 0 saturated heterocycles. The molecule has 0 amide bonds. The van der Waals surface area contributed by atoms with Gasteiger partial charge in [0, 0.05) is 30.2 Å². The molecule has 1 atom stereocenters. The number of hydrogen-bond acceptors (Lipinski definition) is 7. The molecular formula is C22H27N3O6. The molecule has 166 valence electrons. The van der Waals surface area contributed by atoms with Crippen LogP contribution in [0.3, 0.4) is 0 Å². The third-order valence-corrected chi connectivity index (χ3v) is 5.05. The molecule has 31 heavy (non-hydrogen) atoms. The number of carbonyl (C=O) groups is 1. The van der Waals surface area contributed by atoms with E-state index >= 15 is 0 Å². The van der Waals surface area contributed by atoms with Crippen LogP contribution in [-0.2, 0) is 9.47 Å². The van der Waals surface area contributed by atoms with Gasteiger partial charge in [-0.3, -0.25) is 4.79 Å². The Labute approximate surface area is 180 Å². The molecule has 1 unspecified atom stereocenters. The molecule has 1 aromatic carbocycles. The van der Waals surface area contributed by atoms with Crippen LogP contribution >= 0.6 is 0 Å². The summed E-state index contributed by atoms with van der Waals surface area (Å²) in [7, 11) is 1.55. The minimum Gasteiger partial charge on any atom is -0.495 e. The van der Waals surface area contributed by atoms with Gasteiger partial charge in [0.2, 0.25) is 5.43 Å². The maximum absolute atomic E-state index is 12.7. The lowest BCUT2D eigenvalue weighted by molar-refractivity contribution is 0.0449. The smallest absolute Gasteiger partial charge is 0.341 e. The number of nitrogens with one attached hydrogen (secondary N) is 1. The molecule has 0 spiro atoms. The summed E-state index contributed by atoms with van der Waals surface area (Å²) in [6, 6.07) is 5.72. The summed E-state index contributed by atoms with van der Waals surface area (Å²) in [6.45, 7) is 3.85. The van der Waals surface area contributed by atoms with E-state index < -0.39 is 11.4 Å². The zero-order valence-electron chi connectivity index (χ0n) is 17.7. The number of methoxy groups -OCH3 is 1. The van der Waals surface area contributed by atoms with E-state index in [0.717, 1.165) is 12.8 Å². The van der Waals surface area contributed by atoms with Crippen molar-refractivity contribution in [1.82, 2.24) is 4.57 Å². The highest BCUT2D eigenvalue weighted by atomic mass is 16.5. The number of benzene rings is 1. The third kappa shape index (κ3) is 5.54. The number of nitriles is 1. The van der Waals surface area contributed by atoms with E-state index in [1.807, 2.05) is 4.57 Å². The van der Waals surface area contributed by atoms with E-state index in [1.165, 1.54) is 6.20 Å². The van der Waals surface area contributed by atoms with Crippen LogP contribution in [-0.4, -0.2) is 55.7 Å². The summed E-state index contributed by atoms with van der Waals surface area (Å²) in [6.07, 6.45) is 3.34. The van der Waals surface area contributed by atoms with Crippen molar-refractivity contribution in [3.05, 3.63) is 34.1 Å². The number of carboxylic acids is 1. The number of pyridine rings is 1. The quantitative estimate of drug-likeness (QED) is 0.494. The van der Waals surface area contributed by atoms with E-state index in [2.05, 4.69) is 11.4 Å². The number of aromatic carboxylic acids is 1. The molecule has 0 bridgehead atoms. The monoisotopic (exact) mass is 429 g/mol. The van der Waals surface area contributed by atoms with Crippen molar-refractivity contribution in [2.24, 2.45) is 5.92 Å². The van der Waals surface area contributed by atoms with E-state index in [9.17, 15) is 14.7 Å². The number of anilines is 1. The van der Waals surface area contributed by atoms with Crippen LogP contribution in [0, 0.1) is 17.2 Å². The zero-order chi connectivity index (χ0) is 22.4. The van der Waals surface area contributed by atoms with Crippen molar-refractivity contribution in [2.45, 2.75) is 25.8 Å². The predicted molar refractivity (Wildman–Crippen MR) is 115 cm³/mol. The fraction of sp³-hybridized carbons (Fsp3) is 0.500. The normalized spacial score (nSPS) is 14.2. The molecular weight excluding hydrogens is 402 g/mol. The number of rotatable bonds is 12. The van der Waals surface area contributed by atoms with Crippen LogP contribution in [0.2, 0.25) is 0 Å². The fourth-order valence-corrected chi connectivity index (χ4v) is 3.27. The second-order valence-corrected chi connectivity index (χ2v) is 7.53. The topological polar surface area (TPSA) is 123 Å². The molecule has 9 heteroatoms. The van der Waals surface area contributed by atoms with Gasteiger partial charge < -0.3 is 29.2 Å². The third-order valence-electron chi connectivity index (χ3n) is 5.05. The molecule has 9 nitrogen and oxygen atoms in total. The van der Waals surface area contributed by atoms with Gasteiger partial charge in [-0.05, 0) is 25.8 Å². The van der Waals surface area contributed by atoms with Crippen LogP contribution in [0.25, 0.3) is 10.9 Å². The lowest BCUT2D eigenvalue weighted by atomic mass is 10.1. The first-order valence-corrected chi connectivity index (χ1v) is 10.3. The van der Waals surface area contributed by atoms with E-state index in [-0.39, 0.29) is 17.5 Å². The summed E-state index contributed by atoms with van der Waals surface area (Å²) in [4.78, 5) is 24.3. The maximum Gasteiger partial charge on any atom is 0.341 e. The largest absolute Gasteiger partial charge is 0.495 e. The Morgan fingerprint density at radius 2 is 2.06 bits per heavy atom. The van der Waals surface area contributed by atoms with Crippen molar-refractivity contribution < 1.29 is 24.1 Å². The lowest BCUT2D eigenvalue weighted by Crippen LogP contribution is -2.19. The zero-order valence-corrected chi connectivity index (χ0v) is 17.7. The second-order valence-electron chi connectivity index (χ2n) is 7.53. The predicted octanol–water partition coefficient (Wildman–Crippen LogP) is 2.65. The minimum absolute atomic E-state index is 0.145. The standard InChI is InChI=1S/C22H27N3O6/c1-14(11-23)13-31-8-7-30-6-5-24-18-9-16-19(10-20(18)29-2)25(15-3-4-15)12-17(21(16)26)22(27)28/h9-10,12,14-15,24H,3-8,13H2,1-2H3,(H,27,28). The van der Waals surface area contributed by atoms with Gasteiger partial charge in [-0.1, -0.05) is 0 Å². The molecule has 1 aliphatic carbocycles. The maximum atomic E-state index is 12.7. The minimum atomic E-state index is -1.23. The summed E-state index contributed by atoms with van der Waals surface area (Å²) in [5.74, 6) is -0.808. The number of aromatic nitrogens is 1. The Kier molecular flexibility index (Phi) is 7.50. The highest BCUT2D eigenvalue weighted by Gasteiger charge is 2.27. The SMILES string of the molecule is COc1cc2c(cc1NCCOCCOCC(C)C#N)c(=O)c(C(=O)O)cn2C1CC1. The summed E-state index contributed by atoms with van der Waals surface area (Å²) < 4.78 is 18.2. The van der Waals surface area contributed by atoms with Crippen LogP contribution < -0.4 is 15.5 Å². The van der Waals surface area contributed by atoms with E-state index in [4.69, 9.17) is 19.5 Å². The Bertz CT molecular complexity index is 1040. The first-order chi connectivity index (χ1) is 15.0. The van der Waals surface area contributed by atoms with Crippen molar-refractivity contribution in [2.75, 3.05) is 45.4 Å². The average molecular weight is 429 g/mol. The van der Waals surface area contributed by atoms with Gasteiger partial charge in [-0.2, -0.15) is 5.26 Å². The molecule has 1 heterocycles. The van der Waals surface area contributed by atoms with Crippen molar-refractivity contribution >= 4 is 22.6 Å². The summed E-state index contributed by atoms with van der Waals surface area (Å²) >= 11 is 0. The average Bonchev–Trinajstić information content (AvgIpc) is 3.60. The van der Waals surface area contributed by atoms with Crippen LogP contribution in [0.5, 0.6) is 5.75 Å². The van der Waals surface area contributed by atoms with E-state index in [1.54, 1.807) is 26.2 Å². The molecule has 1 fully saturated rings. The first kappa shape index (κ1) is 22.6. The number of carboxylic acid groups (broad SMARTS) is 1. The van der Waals surface area contributed by atoms with Crippen molar-refractivity contribution in [3.63, 3.8) is 0 Å². The molecule has 1 aromatic heterocycles. The molecule has 2 aromatic rings. The highest BCUT2D eigenvalue weighted by Crippen LogP contribution is 2.39. The number of nitrogens with zero attached hydrogens (tertiary/aromatic N) is 2. The summed E-state index contributed by atoms with van der Waals surface area (Å²) in [5.41, 5.74) is 0.522. The Morgan fingerprint density at radius 3 is 2.71 bits per heavy atom. The highest BCUT2D eigenvalue weighted by molar-refractivity contribution is 5.94. The van der Waals surface area contributed by atoms with Gasteiger partial charge in [0.1, 0.15) is 11.3 Å². The molecule has 2 N–H and O–H groups in total. The number of fused-ring (bicyclic) bond motifs is 1. The lowest BCUT2D eigenvalue weighted by Gasteiger charge is -2.16. The Morgan fingerprint density at radius 1 is 1.32 bits per heavy atom. The fourth-order valence-electron chi connectivity index (χ4n) is 3.27. The van der Waals surface area contributed by atoms with Crippen molar-refractivity contribution in [3.8, 4) is 11.8 Å². The van der Waals surface area contributed by atoms with Gasteiger partial charge in [0.15, 0.2) is 0 Å². The van der Waals surface area contributed by atoms with Crippen LogP contribution in [0.15, 0.2) is 23.1 Å². The van der Waals surface area contributed by atoms with Gasteiger partial charge >= 0.3 is 5.97 Å². The summed E-state index contributed by atoms with van der Waals surface area (Å²) in [5, 5.41) is 21.7. The number of hydrogen-bond donors (Lipinski definition) is 2. The van der Waals surface area contributed by atoms with Gasteiger partial charge in [-0.15, -0.1) is 0 Å². The molecule has 1 saturated carbocycles. The number of ether oxygens (including phenoxy) is 3. The van der Waals surface area contributed by atoms with Crippen molar-refractivity contribution in [1.29, 1.82) is 5.26 Å². The molecule has 0 aliphatic heterocycles. The Balaban J connectivity index is 1.68. The van der Waals surface area contributed by atoms with Gasteiger partial charge in [0.25, 0.3) is 0 Å². The van der Waals surface area contributed by atoms with Crippen LogP contribution in [0.4, 0.5) is 5.69 Å². The second kappa shape index (κ2) is 10.3. The van der Waals surface area contributed by atoms with Gasteiger partial charge in [-0.25, -0.2) is 4.79 Å².